The average molecular weight is 343 g/mol. The Kier molecular flexibility index (Phi) is 4.10. The van der Waals surface area contributed by atoms with Gasteiger partial charge in [-0.2, -0.15) is 0 Å². The van der Waals surface area contributed by atoms with Gasteiger partial charge in [0, 0.05) is 16.2 Å². The van der Waals surface area contributed by atoms with E-state index in [0.717, 1.165) is 23.7 Å². The van der Waals surface area contributed by atoms with Crippen LogP contribution >= 0.6 is 28.1 Å². The Balaban J connectivity index is 2.19. The number of benzene rings is 1. The average Bonchev–Trinajstić information content (AvgIpc) is 2.25. The van der Waals surface area contributed by atoms with Gasteiger partial charge in [0.15, 0.2) is 0 Å². The van der Waals surface area contributed by atoms with Crippen LogP contribution < -0.4 is 15.8 Å². The predicted octanol–water partition coefficient (Wildman–Crippen LogP) is 2.85. The molecule has 0 saturated heterocycles. The van der Waals surface area contributed by atoms with Crippen molar-refractivity contribution < 1.29 is 9.53 Å². The maximum absolute atomic E-state index is 12.3. The van der Waals surface area contributed by atoms with Crippen molar-refractivity contribution in [1.82, 2.24) is 0 Å². The van der Waals surface area contributed by atoms with Crippen LogP contribution in [0.3, 0.4) is 0 Å². The predicted molar refractivity (Wildman–Crippen MR) is 82.4 cm³/mol. The van der Waals surface area contributed by atoms with Gasteiger partial charge in [0.2, 0.25) is 5.91 Å². The molecule has 1 aliphatic carbocycles. The Labute approximate surface area is 125 Å². The van der Waals surface area contributed by atoms with E-state index in [2.05, 4.69) is 21.2 Å². The summed E-state index contributed by atoms with van der Waals surface area (Å²) in [6.45, 7) is 0. The van der Waals surface area contributed by atoms with E-state index in [4.69, 9.17) is 22.7 Å². The lowest BCUT2D eigenvalue weighted by molar-refractivity contribution is -0.125. The number of halogens is 1. The SMILES string of the molecule is COc1cc(Br)cc(NC(=O)C2(C(N)=S)CCC2)c1. The summed E-state index contributed by atoms with van der Waals surface area (Å²) >= 11 is 8.40. The van der Waals surface area contributed by atoms with Crippen LogP contribution in [0.15, 0.2) is 22.7 Å². The fraction of sp³-hybridized carbons (Fsp3) is 0.385. The minimum absolute atomic E-state index is 0.133. The van der Waals surface area contributed by atoms with E-state index >= 15 is 0 Å². The molecule has 19 heavy (non-hydrogen) atoms. The third kappa shape index (κ3) is 2.74. The first-order valence-electron chi connectivity index (χ1n) is 5.94. The van der Waals surface area contributed by atoms with Gasteiger partial charge in [-0.15, -0.1) is 0 Å². The van der Waals surface area contributed by atoms with Gasteiger partial charge in [0.05, 0.1) is 17.5 Å². The van der Waals surface area contributed by atoms with Crippen LogP contribution in [-0.2, 0) is 4.79 Å². The van der Waals surface area contributed by atoms with Crippen molar-refractivity contribution in [3.63, 3.8) is 0 Å². The van der Waals surface area contributed by atoms with Gasteiger partial charge < -0.3 is 15.8 Å². The fourth-order valence-corrected chi connectivity index (χ4v) is 2.89. The highest BCUT2D eigenvalue weighted by atomic mass is 79.9. The van der Waals surface area contributed by atoms with Crippen molar-refractivity contribution in [3.05, 3.63) is 22.7 Å². The van der Waals surface area contributed by atoms with Gasteiger partial charge in [-0.3, -0.25) is 4.79 Å². The number of ether oxygens (including phenoxy) is 1. The van der Waals surface area contributed by atoms with Crippen LogP contribution in [0.4, 0.5) is 5.69 Å². The third-order valence-electron chi connectivity index (χ3n) is 3.48. The summed E-state index contributed by atoms with van der Waals surface area (Å²) in [4.78, 5) is 12.6. The van der Waals surface area contributed by atoms with Gasteiger partial charge in [0.25, 0.3) is 0 Å². The topological polar surface area (TPSA) is 64.3 Å². The molecule has 0 spiro atoms. The lowest BCUT2D eigenvalue weighted by Gasteiger charge is -2.39. The third-order valence-corrected chi connectivity index (χ3v) is 4.33. The molecule has 0 atom stereocenters. The summed E-state index contributed by atoms with van der Waals surface area (Å²) in [6.07, 6.45) is 2.42. The number of rotatable bonds is 4. The molecule has 0 bridgehead atoms. The first kappa shape index (κ1) is 14.3. The van der Waals surface area contributed by atoms with Crippen molar-refractivity contribution in [2.45, 2.75) is 19.3 Å². The van der Waals surface area contributed by atoms with Gasteiger partial charge in [-0.25, -0.2) is 0 Å². The molecule has 2 rings (SSSR count). The number of methoxy groups -OCH3 is 1. The maximum atomic E-state index is 12.3. The quantitative estimate of drug-likeness (QED) is 0.825. The van der Waals surface area contributed by atoms with Crippen LogP contribution in [-0.4, -0.2) is 18.0 Å². The van der Waals surface area contributed by atoms with Crippen molar-refractivity contribution >= 4 is 44.7 Å². The molecule has 6 heteroatoms. The summed E-state index contributed by atoms with van der Waals surface area (Å²) in [7, 11) is 1.58. The molecule has 0 aliphatic heterocycles. The van der Waals surface area contributed by atoms with E-state index in [1.165, 1.54) is 0 Å². The number of nitrogens with two attached hydrogens (primary N) is 1. The van der Waals surface area contributed by atoms with Crippen LogP contribution in [0, 0.1) is 5.41 Å². The Hall–Kier alpha value is -1.14. The first-order chi connectivity index (χ1) is 8.98. The highest BCUT2D eigenvalue weighted by Crippen LogP contribution is 2.42. The second-order valence-corrected chi connectivity index (χ2v) is 5.99. The molecule has 1 amide bonds. The molecular formula is C13H15BrN2O2S. The summed E-state index contributed by atoms with van der Waals surface area (Å²) in [5, 5.41) is 2.87. The molecule has 0 unspecified atom stereocenters. The number of amides is 1. The van der Waals surface area contributed by atoms with Crippen molar-refractivity contribution in [2.24, 2.45) is 11.1 Å². The van der Waals surface area contributed by atoms with E-state index in [9.17, 15) is 4.79 Å². The standard InChI is InChI=1S/C13H15BrN2O2S/c1-18-10-6-8(14)5-9(7-10)16-12(17)13(11(15)19)3-2-4-13/h5-7H,2-4H2,1H3,(H2,15,19)(H,16,17). The lowest BCUT2D eigenvalue weighted by atomic mass is 9.68. The summed E-state index contributed by atoms with van der Waals surface area (Å²) in [5.74, 6) is 0.536. The molecule has 1 aromatic carbocycles. The zero-order valence-corrected chi connectivity index (χ0v) is 12.9. The monoisotopic (exact) mass is 342 g/mol. The van der Waals surface area contributed by atoms with Crippen LogP contribution in [0.1, 0.15) is 19.3 Å². The zero-order valence-electron chi connectivity index (χ0n) is 10.5. The highest BCUT2D eigenvalue weighted by Gasteiger charge is 2.46. The maximum Gasteiger partial charge on any atom is 0.237 e. The Bertz CT molecular complexity index is 529. The smallest absolute Gasteiger partial charge is 0.237 e. The largest absolute Gasteiger partial charge is 0.497 e. The molecule has 1 aromatic rings. The van der Waals surface area contributed by atoms with E-state index in [0.29, 0.717) is 11.4 Å². The van der Waals surface area contributed by atoms with E-state index in [1.54, 1.807) is 13.2 Å². The molecule has 1 aliphatic rings. The van der Waals surface area contributed by atoms with Gasteiger partial charge in [-0.1, -0.05) is 34.6 Å². The molecule has 0 radical (unpaired) electrons. The molecule has 102 valence electrons. The minimum Gasteiger partial charge on any atom is -0.497 e. The molecule has 1 fully saturated rings. The number of thiocarbonyl (C=S) groups is 1. The van der Waals surface area contributed by atoms with E-state index in [1.807, 2.05) is 12.1 Å². The molecule has 3 N–H and O–H groups in total. The van der Waals surface area contributed by atoms with Gasteiger partial charge >= 0.3 is 0 Å². The number of hydrogen-bond donors (Lipinski definition) is 2. The summed E-state index contributed by atoms with van der Waals surface area (Å²) in [5.41, 5.74) is 5.70. The second kappa shape index (κ2) is 5.46. The molecule has 0 aromatic heterocycles. The van der Waals surface area contributed by atoms with E-state index in [-0.39, 0.29) is 10.9 Å². The molecular weight excluding hydrogens is 328 g/mol. The minimum atomic E-state index is -0.676. The van der Waals surface area contributed by atoms with Gasteiger partial charge in [-0.05, 0) is 25.0 Å². The first-order valence-corrected chi connectivity index (χ1v) is 7.14. The highest BCUT2D eigenvalue weighted by molar-refractivity contribution is 9.10. The van der Waals surface area contributed by atoms with Crippen molar-refractivity contribution in [3.8, 4) is 5.75 Å². The molecule has 4 nitrogen and oxygen atoms in total. The summed E-state index contributed by atoms with van der Waals surface area (Å²) < 4.78 is 5.99. The zero-order chi connectivity index (χ0) is 14.0. The normalized spacial score (nSPS) is 16.3. The van der Waals surface area contributed by atoms with Crippen LogP contribution in [0.25, 0.3) is 0 Å². The number of hydrogen-bond acceptors (Lipinski definition) is 3. The van der Waals surface area contributed by atoms with Crippen LogP contribution in [0.5, 0.6) is 5.75 Å². The number of carbonyl (C=O) groups excluding carboxylic acids is 1. The fourth-order valence-electron chi connectivity index (χ4n) is 2.12. The van der Waals surface area contributed by atoms with E-state index < -0.39 is 5.41 Å². The lowest BCUT2D eigenvalue weighted by Crippen LogP contribution is -2.50. The molecule has 0 heterocycles. The number of anilines is 1. The van der Waals surface area contributed by atoms with Crippen molar-refractivity contribution in [2.75, 3.05) is 12.4 Å². The second-order valence-electron chi connectivity index (χ2n) is 4.63. The Morgan fingerprint density at radius 1 is 1.47 bits per heavy atom. The number of carbonyl (C=O) groups is 1. The number of nitrogens with one attached hydrogen (secondary N) is 1. The van der Waals surface area contributed by atoms with Crippen molar-refractivity contribution in [1.29, 1.82) is 0 Å². The summed E-state index contributed by atoms with van der Waals surface area (Å²) in [6, 6.07) is 5.39. The Morgan fingerprint density at radius 2 is 2.16 bits per heavy atom. The van der Waals surface area contributed by atoms with Crippen LogP contribution in [0.2, 0.25) is 0 Å². The Morgan fingerprint density at radius 3 is 2.63 bits per heavy atom. The van der Waals surface area contributed by atoms with Gasteiger partial charge in [0.1, 0.15) is 5.75 Å². The molecule has 1 saturated carbocycles.